The molecule has 0 saturated carbocycles. The maximum Gasteiger partial charge on any atom is 0.348 e. The van der Waals surface area contributed by atoms with E-state index < -0.39 is 46.7 Å². The first-order valence-corrected chi connectivity index (χ1v) is 14.2. The fraction of sp³-hybridized carbons (Fsp3) is 0.613. The van der Waals surface area contributed by atoms with Crippen LogP contribution in [0.25, 0.3) is 0 Å². The van der Waals surface area contributed by atoms with Crippen LogP contribution in [0.2, 0.25) is 0 Å². The molecule has 1 N–H and O–H groups in total. The maximum absolute atomic E-state index is 13.0. The number of likely N-dealkylation sites (N-methyl/N-ethyl adjacent to an activating group) is 1. The highest BCUT2D eigenvalue weighted by Crippen LogP contribution is 2.64. The van der Waals surface area contributed by atoms with E-state index >= 15 is 0 Å². The molecule has 5 rings (SSSR count). The molecule has 1 fully saturated rings. The number of likely N-dealkylation sites (tertiary alicyclic amines) is 1. The number of carbonyl (C=O) groups excluding carboxylic acids is 4. The summed E-state index contributed by atoms with van der Waals surface area (Å²) in [6.07, 6.45) is 0.380. The second-order valence-electron chi connectivity index (χ2n) is 12.8. The third-order valence-electron chi connectivity index (χ3n) is 8.75. The predicted octanol–water partition coefficient (Wildman–Crippen LogP) is 2.83. The summed E-state index contributed by atoms with van der Waals surface area (Å²) in [5, 5.41) is 12.2. The Labute approximate surface area is 239 Å². The number of Topliss-reactive ketones (excluding diaryl/α,β-unsaturated/α-hetero) is 1. The minimum absolute atomic E-state index is 0.0975. The van der Waals surface area contributed by atoms with Crippen molar-refractivity contribution in [3.8, 4) is 5.75 Å². The van der Waals surface area contributed by atoms with Gasteiger partial charge in [0, 0.05) is 18.0 Å². The van der Waals surface area contributed by atoms with Crippen molar-refractivity contribution < 1.29 is 43.2 Å². The van der Waals surface area contributed by atoms with Crippen molar-refractivity contribution in [2.75, 3.05) is 13.6 Å². The molecule has 2 heterocycles. The number of esters is 3. The van der Waals surface area contributed by atoms with Crippen LogP contribution >= 0.6 is 0 Å². The highest BCUT2D eigenvalue weighted by atomic mass is 16.6. The van der Waals surface area contributed by atoms with Crippen molar-refractivity contribution >= 4 is 23.7 Å². The van der Waals surface area contributed by atoms with Crippen molar-refractivity contribution in [1.29, 1.82) is 0 Å². The minimum atomic E-state index is -1.39. The molecule has 0 aromatic heterocycles. The van der Waals surface area contributed by atoms with Crippen molar-refractivity contribution in [3.05, 3.63) is 40.7 Å². The SMILES string of the molecule is CC(=O)C[C@@H](OC(=O)CCC(=O)OC1=CC[C@@]2(O)[C@H]3Cc4ccc(C)c5c4[C@@]2(CCN3C)[C@H]1O5)C(=O)OC(C)(C)C. The Kier molecular flexibility index (Phi) is 7.31. The Bertz CT molecular complexity index is 1330. The van der Waals surface area contributed by atoms with Gasteiger partial charge in [-0.05, 0) is 78.3 Å². The van der Waals surface area contributed by atoms with E-state index in [1.165, 1.54) is 6.92 Å². The summed E-state index contributed by atoms with van der Waals surface area (Å²) in [5.41, 5.74) is 0.494. The molecule has 2 aliphatic carbocycles. The molecule has 2 aliphatic heterocycles. The molecular formula is C31H39NO9. The summed E-state index contributed by atoms with van der Waals surface area (Å²) in [4.78, 5) is 51.8. The number of nitrogens with zero attached hydrogens (tertiary/aromatic N) is 1. The number of ether oxygens (including phenoxy) is 4. The molecule has 222 valence electrons. The van der Waals surface area contributed by atoms with Crippen LogP contribution in [-0.2, 0) is 45.2 Å². The molecule has 10 heteroatoms. The molecule has 0 unspecified atom stereocenters. The van der Waals surface area contributed by atoms with Gasteiger partial charge in [-0.15, -0.1) is 0 Å². The van der Waals surface area contributed by atoms with Crippen LogP contribution in [0.4, 0.5) is 0 Å². The van der Waals surface area contributed by atoms with Crippen LogP contribution in [0.15, 0.2) is 24.0 Å². The normalized spacial score (nSPS) is 28.5. The Morgan fingerprint density at radius 1 is 1.17 bits per heavy atom. The first-order valence-electron chi connectivity index (χ1n) is 14.2. The van der Waals surface area contributed by atoms with E-state index in [4.69, 9.17) is 18.9 Å². The first-order chi connectivity index (χ1) is 19.2. The van der Waals surface area contributed by atoms with Gasteiger partial charge in [0.15, 0.2) is 6.10 Å². The lowest BCUT2D eigenvalue weighted by atomic mass is 9.50. The second-order valence-corrected chi connectivity index (χ2v) is 12.8. The molecule has 1 aromatic carbocycles. The lowest BCUT2D eigenvalue weighted by molar-refractivity contribution is -0.177. The molecule has 1 spiro atoms. The topological polar surface area (TPSA) is 129 Å². The predicted molar refractivity (Wildman–Crippen MR) is 146 cm³/mol. The number of aryl methyl sites for hydroxylation is 1. The molecule has 0 amide bonds. The average Bonchev–Trinajstić information content (AvgIpc) is 3.23. The number of hydrogen-bond donors (Lipinski definition) is 1. The quantitative estimate of drug-likeness (QED) is 0.369. The van der Waals surface area contributed by atoms with E-state index in [1.54, 1.807) is 26.8 Å². The van der Waals surface area contributed by atoms with Gasteiger partial charge in [0.1, 0.15) is 22.9 Å². The molecule has 1 saturated heterocycles. The van der Waals surface area contributed by atoms with Crippen LogP contribution < -0.4 is 4.74 Å². The Morgan fingerprint density at radius 3 is 2.56 bits per heavy atom. The number of benzene rings is 1. The molecule has 1 aromatic rings. The average molecular weight is 570 g/mol. The third kappa shape index (κ3) is 4.95. The van der Waals surface area contributed by atoms with Crippen LogP contribution in [0.3, 0.4) is 0 Å². The van der Waals surface area contributed by atoms with E-state index in [9.17, 15) is 24.3 Å². The summed E-state index contributed by atoms with van der Waals surface area (Å²) in [6, 6.07) is 4.04. The van der Waals surface area contributed by atoms with Gasteiger partial charge >= 0.3 is 17.9 Å². The van der Waals surface area contributed by atoms with E-state index in [1.807, 2.05) is 20.0 Å². The van der Waals surface area contributed by atoms with Gasteiger partial charge in [-0.25, -0.2) is 4.79 Å². The van der Waals surface area contributed by atoms with Crippen LogP contribution in [0.5, 0.6) is 5.75 Å². The second kappa shape index (κ2) is 10.2. The highest BCUT2D eigenvalue weighted by Gasteiger charge is 2.71. The number of carbonyl (C=O) groups is 4. The largest absolute Gasteiger partial charge is 0.481 e. The Balaban J connectivity index is 1.29. The summed E-state index contributed by atoms with van der Waals surface area (Å²) in [5.74, 6) is -1.55. The monoisotopic (exact) mass is 569 g/mol. The van der Waals surface area contributed by atoms with E-state index in [-0.39, 0.29) is 31.1 Å². The first kappa shape index (κ1) is 29.3. The lowest BCUT2D eigenvalue weighted by Gasteiger charge is -2.61. The molecular weight excluding hydrogens is 530 g/mol. The number of piperidine rings is 1. The zero-order chi connectivity index (χ0) is 29.9. The Hall–Kier alpha value is -3.24. The summed E-state index contributed by atoms with van der Waals surface area (Å²) < 4.78 is 22.8. The molecule has 4 aliphatic rings. The number of hydrogen-bond acceptors (Lipinski definition) is 10. The summed E-state index contributed by atoms with van der Waals surface area (Å²) in [6.45, 7) is 9.03. The van der Waals surface area contributed by atoms with Gasteiger partial charge in [-0.1, -0.05) is 12.1 Å². The third-order valence-corrected chi connectivity index (χ3v) is 8.75. The molecule has 5 atom stereocenters. The molecule has 41 heavy (non-hydrogen) atoms. The minimum Gasteiger partial charge on any atom is -0.481 e. The van der Waals surface area contributed by atoms with Gasteiger partial charge in [-0.3, -0.25) is 14.4 Å². The maximum atomic E-state index is 13.0. The van der Waals surface area contributed by atoms with Gasteiger partial charge < -0.3 is 29.0 Å². The van der Waals surface area contributed by atoms with Crippen molar-refractivity contribution in [2.24, 2.45) is 0 Å². The van der Waals surface area contributed by atoms with Crippen molar-refractivity contribution in [2.45, 2.75) is 108 Å². The van der Waals surface area contributed by atoms with E-state index in [0.29, 0.717) is 25.0 Å². The zero-order valence-corrected chi connectivity index (χ0v) is 24.6. The summed E-state index contributed by atoms with van der Waals surface area (Å²) >= 11 is 0. The van der Waals surface area contributed by atoms with E-state index in [0.717, 1.165) is 29.0 Å². The number of ketones is 1. The fourth-order valence-corrected chi connectivity index (χ4v) is 6.99. The van der Waals surface area contributed by atoms with Crippen LogP contribution in [0.1, 0.15) is 76.5 Å². The van der Waals surface area contributed by atoms with Gasteiger partial charge in [0.05, 0.1) is 30.3 Å². The molecule has 10 nitrogen and oxygen atoms in total. The Morgan fingerprint density at radius 2 is 1.88 bits per heavy atom. The van der Waals surface area contributed by atoms with Gasteiger partial charge in [0.25, 0.3) is 0 Å². The zero-order valence-electron chi connectivity index (χ0n) is 24.6. The number of rotatable bonds is 8. The van der Waals surface area contributed by atoms with Crippen molar-refractivity contribution in [1.82, 2.24) is 4.90 Å². The van der Waals surface area contributed by atoms with Crippen LogP contribution in [0, 0.1) is 6.92 Å². The van der Waals surface area contributed by atoms with Gasteiger partial charge in [-0.2, -0.15) is 0 Å². The van der Waals surface area contributed by atoms with E-state index in [2.05, 4.69) is 11.0 Å². The highest BCUT2D eigenvalue weighted by molar-refractivity contribution is 5.87. The molecule has 0 radical (unpaired) electrons. The standard InChI is InChI=1S/C31H39NO9/c1-17-7-8-19-16-22-31(37)12-11-20(27-30(31,13-14-32(22)6)25(19)26(17)40-27)38-23(34)9-10-24(35)39-21(15-18(2)33)28(36)41-29(3,4)5/h7-8,11,21-22,27,37H,9-10,12-16H2,1-6H3/t21-,22-,27+,30+,31-/m1/s1. The van der Waals surface area contributed by atoms with Crippen LogP contribution in [-0.4, -0.2) is 76.7 Å². The fourth-order valence-electron chi connectivity index (χ4n) is 6.99. The lowest BCUT2D eigenvalue weighted by Crippen LogP contribution is -2.74. The number of aliphatic hydroxyl groups is 1. The van der Waals surface area contributed by atoms with Crippen molar-refractivity contribution in [3.63, 3.8) is 0 Å². The summed E-state index contributed by atoms with van der Waals surface area (Å²) in [7, 11) is 2.03. The van der Waals surface area contributed by atoms with Gasteiger partial charge in [0.2, 0.25) is 6.10 Å². The molecule has 2 bridgehead atoms. The smallest absolute Gasteiger partial charge is 0.348 e.